The highest BCUT2D eigenvalue weighted by atomic mass is 16.2. The van der Waals surface area contributed by atoms with Gasteiger partial charge in [-0.2, -0.15) is 0 Å². The van der Waals surface area contributed by atoms with E-state index < -0.39 is 0 Å². The van der Waals surface area contributed by atoms with Gasteiger partial charge in [-0.1, -0.05) is 56.5 Å². The third-order valence-electron chi connectivity index (χ3n) is 5.04. The molecule has 0 saturated heterocycles. The maximum Gasteiger partial charge on any atom is 0.315 e. The molecular weight excluding hydrogens is 302 g/mol. The topological polar surface area (TPSA) is 70.2 Å². The van der Waals surface area contributed by atoms with Crippen LogP contribution in [0.5, 0.6) is 0 Å². The van der Waals surface area contributed by atoms with E-state index in [0.29, 0.717) is 18.4 Å². The minimum Gasteiger partial charge on any atom is -0.352 e. The molecular formula is C19H29N3O2. The van der Waals surface area contributed by atoms with Gasteiger partial charge in [-0.05, 0) is 30.7 Å². The van der Waals surface area contributed by atoms with Crippen molar-refractivity contribution in [1.82, 2.24) is 16.0 Å². The molecule has 3 atom stereocenters. The Bertz CT molecular complexity index is 556. The molecule has 0 bridgehead atoms. The number of carbonyl (C=O) groups excluding carboxylic acids is 2. The highest BCUT2D eigenvalue weighted by molar-refractivity contribution is 5.84. The van der Waals surface area contributed by atoms with Crippen LogP contribution in [-0.4, -0.2) is 24.5 Å². The zero-order valence-electron chi connectivity index (χ0n) is 14.9. The molecule has 24 heavy (non-hydrogen) atoms. The van der Waals surface area contributed by atoms with Crippen LogP contribution in [0.3, 0.4) is 0 Å². The van der Waals surface area contributed by atoms with E-state index in [2.05, 4.69) is 29.8 Å². The Morgan fingerprint density at radius 1 is 1.08 bits per heavy atom. The van der Waals surface area contributed by atoms with Crippen LogP contribution < -0.4 is 16.0 Å². The molecule has 1 aliphatic rings. The zero-order chi connectivity index (χ0) is 17.5. The molecule has 5 heteroatoms. The summed E-state index contributed by atoms with van der Waals surface area (Å²) >= 11 is 0. The molecule has 2 rings (SSSR count). The minimum atomic E-state index is -0.323. The fourth-order valence-corrected chi connectivity index (χ4v) is 3.15. The van der Waals surface area contributed by atoms with Gasteiger partial charge in [-0.25, -0.2) is 4.79 Å². The highest BCUT2D eigenvalue weighted by Gasteiger charge is 2.27. The average Bonchev–Trinajstić information content (AvgIpc) is 2.56. The lowest BCUT2D eigenvalue weighted by atomic mass is 9.78. The lowest BCUT2D eigenvalue weighted by molar-refractivity contribution is -0.121. The molecule has 1 aromatic carbocycles. The standard InChI is InChI=1S/C19H29N3O2/c1-13-7-9-16(10-8-13)11-20-19(24)21-12-18(23)22-17-6-4-5-14(2)15(17)3/h7-10,14-15,17H,4-6,11-12H2,1-3H3,(H,22,23)(H2,20,21,24)/t14-,15-,17-/m1/s1. The lowest BCUT2D eigenvalue weighted by Crippen LogP contribution is -2.48. The summed E-state index contributed by atoms with van der Waals surface area (Å²) in [6, 6.07) is 7.88. The fourth-order valence-electron chi connectivity index (χ4n) is 3.15. The Hall–Kier alpha value is -2.04. The number of hydrogen-bond donors (Lipinski definition) is 3. The van der Waals surface area contributed by atoms with Crippen molar-refractivity contribution in [3.05, 3.63) is 35.4 Å². The minimum absolute atomic E-state index is 0.0112. The summed E-state index contributed by atoms with van der Waals surface area (Å²) in [4.78, 5) is 23.8. The van der Waals surface area contributed by atoms with Gasteiger partial charge in [0.05, 0.1) is 6.54 Å². The summed E-state index contributed by atoms with van der Waals surface area (Å²) < 4.78 is 0. The highest BCUT2D eigenvalue weighted by Crippen LogP contribution is 2.29. The van der Waals surface area contributed by atoms with E-state index >= 15 is 0 Å². The third kappa shape index (κ3) is 5.55. The van der Waals surface area contributed by atoms with Crippen LogP contribution >= 0.6 is 0 Å². The molecule has 3 N–H and O–H groups in total. The van der Waals surface area contributed by atoms with E-state index in [1.54, 1.807) is 0 Å². The van der Waals surface area contributed by atoms with Crippen molar-refractivity contribution >= 4 is 11.9 Å². The summed E-state index contributed by atoms with van der Waals surface area (Å²) in [5.41, 5.74) is 2.22. The number of nitrogens with one attached hydrogen (secondary N) is 3. The summed E-state index contributed by atoms with van der Waals surface area (Å²) in [5, 5.41) is 8.43. The maximum atomic E-state index is 12.0. The molecule has 0 radical (unpaired) electrons. The maximum absolute atomic E-state index is 12.0. The lowest BCUT2D eigenvalue weighted by Gasteiger charge is -2.34. The molecule has 0 aromatic heterocycles. The third-order valence-corrected chi connectivity index (χ3v) is 5.04. The SMILES string of the molecule is Cc1ccc(CNC(=O)NCC(=O)N[C@@H]2CCC[C@@H](C)[C@H]2C)cc1. The second-order valence-electron chi connectivity index (χ2n) is 6.96. The molecule has 1 fully saturated rings. The number of aryl methyl sites for hydroxylation is 1. The average molecular weight is 331 g/mol. The molecule has 1 aromatic rings. The predicted octanol–water partition coefficient (Wildman–Crippen LogP) is 2.74. The molecule has 132 valence electrons. The number of hydrogen-bond acceptors (Lipinski definition) is 2. The molecule has 1 aliphatic carbocycles. The van der Waals surface area contributed by atoms with Crippen LogP contribution in [0.1, 0.15) is 44.2 Å². The van der Waals surface area contributed by atoms with Crippen molar-refractivity contribution in [3.63, 3.8) is 0 Å². The molecule has 0 heterocycles. The number of rotatable bonds is 5. The molecule has 5 nitrogen and oxygen atoms in total. The number of amides is 3. The Morgan fingerprint density at radius 2 is 1.79 bits per heavy atom. The van der Waals surface area contributed by atoms with Crippen LogP contribution in [0.2, 0.25) is 0 Å². The monoisotopic (exact) mass is 331 g/mol. The van der Waals surface area contributed by atoms with Gasteiger partial charge < -0.3 is 16.0 Å². The first-order valence-corrected chi connectivity index (χ1v) is 8.82. The summed E-state index contributed by atoms with van der Waals surface area (Å²) in [6.07, 6.45) is 3.41. The zero-order valence-corrected chi connectivity index (χ0v) is 14.9. The van der Waals surface area contributed by atoms with Gasteiger partial charge in [0.1, 0.15) is 0 Å². The quantitative estimate of drug-likeness (QED) is 0.776. The Kier molecular flexibility index (Phi) is 6.64. The number of urea groups is 1. The normalized spacial score (nSPS) is 23.4. The van der Waals surface area contributed by atoms with Gasteiger partial charge >= 0.3 is 6.03 Å². The molecule has 0 unspecified atom stereocenters. The Balaban J connectivity index is 1.67. The van der Waals surface area contributed by atoms with Crippen LogP contribution in [0.4, 0.5) is 4.79 Å². The van der Waals surface area contributed by atoms with E-state index in [4.69, 9.17) is 0 Å². The Labute approximate surface area is 144 Å². The van der Waals surface area contributed by atoms with Crippen molar-refractivity contribution in [2.75, 3.05) is 6.54 Å². The summed E-state index contributed by atoms with van der Waals surface area (Å²) in [5.74, 6) is 0.999. The smallest absolute Gasteiger partial charge is 0.315 e. The van der Waals surface area contributed by atoms with Crippen LogP contribution in [-0.2, 0) is 11.3 Å². The summed E-state index contributed by atoms with van der Waals surface area (Å²) in [6.45, 7) is 6.91. The first kappa shape index (κ1) is 18.3. The van der Waals surface area contributed by atoms with Gasteiger partial charge in [-0.3, -0.25) is 4.79 Å². The number of carbonyl (C=O) groups is 2. The first-order chi connectivity index (χ1) is 11.5. The van der Waals surface area contributed by atoms with Gasteiger partial charge in [0, 0.05) is 12.6 Å². The van der Waals surface area contributed by atoms with Crippen LogP contribution in [0.25, 0.3) is 0 Å². The van der Waals surface area contributed by atoms with Crippen molar-refractivity contribution in [2.24, 2.45) is 11.8 Å². The van der Waals surface area contributed by atoms with E-state index in [0.717, 1.165) is 18.4 Å². The molecule has 0 aliphatic heterocycles. The van der Waals surface area contributed by atoms with Crippen molar-refractivity contribution in [1.29, 1.82) is 0 Å². The van der Waals surface area contributed by atoms with Gasteiger partial charge in [-0.15, -0.1) is 0 Å². The van der Waals surface area contributed by atoms with Crippen molar-refractivity contribution in [2.45, 2.75) is 52.6 Å². The Morgan fingerprint density at radius 3 is 2.50 bits per heavy atom. The molecule has 3 amide bonds. The number of benzene rings is 1. The van der Waals surface area contributed by atoms with Crippen LogP contribution in [0, 0.1) is 18.8 Å². The largest absolute Gasteiger partial charge is 0.352 e. The van der Waals surface area contributed by atoms with E-state index in [9.17, 15) is 9.59 Å². The second-order valence-corrected chi connectivity index (χ2v) is 6.96. The molecule has 1 saturated carbocycles. The van der Waals surface area contributed by atoms with Crippen LogP contribution in [0.15, 0.2) is 24.3 Å². The van der Waals surface area contributed by atoms with Gasteiger partial charge in [0.15, 0.2) is 0 Å². The van der Waals surface area contributed by atoms with Crippen molar-refractivity contribution in [3.8, 4) is 0 Å². The van der Waals surface area contributed by atoms with E-state index in [-0.39, 0.29) is 24.5 Å². The van der Waals surface area contributed by atoms with E-state index in [1.807, 2.05) is 31.2 Å². The van der Waals surface area contributed by atoms with E-state index in [1.165, 1.54) is 12.0 Å². The van der Waals surface area contributed by atoms with Gasteiger partial charge in [0.25, 0.3) is 0 Å². The second kappa shape index (κ2) is 8.71. The predicted molar refractivity (Wildman–Crippen MR) is 95.5 cm³/mol. The summed E-state index contributed by atoms with van der Waals surface area (Å²) in [7, 11) is 0. The van der Waals surface area contributed by atoms with Crippen molar-refractivity contribution < 1.29 is 9.59 Å². The van der Waals surface area contributed by atoms with Gasteiger partial charge in [0.2, 0.25) is 5.91 Å². The molecule has 0 spiro atoms. The fraction of sp³-hybridized carbons (Fsp3) is 0.579. The first-order valence-electron chi connectivity index (χ1n) is 8.82.